The summed E-state index contributed by atoms with van der Waals surface area (Å²) in [4.78, 5) is 25.3. The highest BCUT2D eigenvalue weighted by atomic mass is 16.5. The first kappa shape index (κ1) is 57.1. The molecule has 0 spiro atoms. The zero-order valence-electron chi connectivity index (χ0n) is 45.0. The van der Waals surface area contributed by atoms with Crippen LogP contribution in [-0.2, 0) is 19.1 Å². The Kier molecular flexibility index (Phi) is 23.3. The van der Waals surface area contributed by atoms with Gasteiger partial charge in [0.25, 0.3) is 0 Å². The number of rotatable bonds is 20. The summed E-state index contributed by atoms with van der Waals surface area (Å²) in [5.41, 5.74) is 15.7. The van der Waals surface area contributed by atoms with Crippen LogP contribution in [0.5, 0.6) is 0 Å². The number of hydrogen-bond donors (Lipinski definition) is 0. The van der Waals surface area contributed by atoms with E-state index in [1.807, 2.05) is 25.2 Å². The Morgan fingerprint density at radius 2 is 0.882 bits per heavy atom. The number of hydrogen-bond acceptors (Lipinski definition) is 4. The Bertz CT molecular complexity index is 2290. The van der Waals surface area contributed by atoms with Crippen molar-refractivity contribution in [1.82, 2.24) is 0 Å². The molecule has 0 radical (unpaired) electrons. The Morgan fingerprint density at radius 3 is 1.31 bits per heavy atom. The topological polar surface area (TPSA) is 52.6 Å². The maximum atomic E-state index is 12.8. The van der Waals surface area contributed by atoms with E-state index in [0.29, 0.717) is 6.42 Å². The largest absolute Gasteiger partial charge is 0.462 e. The molecule has 68 heavy (non-hydrogen) atoms. The lowest BCUT2D eigenvalue weighted by atomic mass is 9.71. The molecular weight excluding hydrogens is 833 g/mol. The number of esters is 2. The number of allylic oxidation sites excluding steroid dienone is 30. The van der Waals surface area contributed by atoms with Crippen molar-refractivity contribution in [2.75, 3.05) is 6.61 Å². The minimum atomic E-state index is -0.406. The van der Waals surface area contributed by atoms with Crippen LogP contribution in [0.15, 0.2) is 188 Å². The lowest BCUT2D eigenvalue weighted by Crippen LogP contribution is -2.32. The second kappa shape index (κ2) is 27.7. The zero-order chi connectivity index (χ0) is 50.5. The van der Waals surface area contributed by atoms with Crippen LogP contribution in [0, 0.1) is 16.2 Å². The Hall–Kier alpha value is -5.22. The Morgan fingerprint density at radius 1 is 0.500 bits per heavy atom. The van der Waals surface area contributed by atoms with Gasteiger partial charge in [0.05, 0.1) is 12.8 Å². The molecule has 0 heterocycles. The van der Waals surface area contributed by atoms with Crippen molar-refractivity contribution in [3.05, 3.63) is 188 Å². The summed E-state index contributed by atoms with van der Waals surface area (Å²) in [6.45, 7) is 33.2. The third kappa shape index (κ3) is 20.6. The molecule has 0 bridgehead atoms. The smallest absolute Gasteiger partial charge is 0.306 e. The summed E-state index contributed by atoms with van der Waals surface area (Å²) in [6.07, 6.45) is 51.2. The molecule has 0 aromatic heterocycles. The molecule has 368 valence electrons. The lowest BCUT2D eigenvalue weighted by molar-refractivity contribution is -0.154. The summed E-state index contributed by atoms with van der Waals surface area (Å²) in [5.74, 6) is -0.770. The molecule has 0 amide bonds. The number of ether oxygens (including phenoxy) is 2. The minimum absolute atomic E-state index is 0.00310. The normalized spacial score (nSPS) is 21.7. The predicted molar refractivity (Wildman–Crippen MR) is 293 cm³/mol. The standard InChI is InChI=1S/C64H88O4/c1-47(25-18-27-49(3)33-36-57-53(7)31-21-42-62(57,10)11)23-16-17-24-48(2)26-19-28-51(5)35-38-59-55(9)45-56(46-64(59,14)15)68-61(66)40-39-60(65)67-44-41-52(6)30-20-29-50(4)34-37-58-54(8)32-22-43-63(58,12)13/h16-20,23-30,33-38,41,56H,21-22,31-32,39-40,42-46H2,1-15H3/b17-16+,25-18+,26-19+,30-20+,36-33+,37-34+,38-35+,47-23+,48-24+,49-27+,50-29+,51-28+,52-41+/t56-/m1/s1. The molecule has 0 N–H and O–H groups in total. The molecule has 4 heteroatoms. The van der Waals surface area contributed by atoms with Gasteiger partial charge in [-0.25, -0.2) is 0 Å². The van der Waals surface area contributed by atoms with E-state index in [9.17, 15) is 9.59 Å². The van der Waals surface area contributed by atoms with E-state index in [-0.39, 0.29) is 47.8 Å². The first-order chi connectivity index (χ1) is 32.0. The van der Waals surface area contributed by atoms with Crippen LogP contribution >= 0.6 is 0 Å². The fraction of sp³-hybridized carbons (Fsp3) is 0.469. The second-order valence-corrected chi connectivity index (χ2v) is 21.6. The fourth-order valence-corrected chi connectivity index (χ4v) is 9.50. The van der Waals surface area contributed by atoms with Gasteiger partial charge in [0.15, 0.2) is 0 Å². The lowest BCUT2D eigenvalue weighted by Gasteiger charge is -2.37. The van der Waals surface area contributed by atoms with Crippen molar-refractivity contribution in [3.63, 3.8) is 0 Å². The van der Waals surface area contributed by atoms with E-state index in [4.69, 9.17) is 9.47 Å². The van der Waals surface area contributed by atoms with E-state index in [0.717, 1.165) is 23.1 Å². The first-order valence-corrected chi connectivity index (χ1v) is 25.2. The second-order valence-electron chi connectivity index (χ2n) is 21.6. The number of carbonyl (C=O) groups excluding carboxylic acids is 2. The highest BCUT2D eigenvalue weighted by Gasteiger charge is 2.34. The third-order valence-corrected chi connectivity index (χ3v) is 13.5. The van der Waals surface area contributed by atoms with Crippen molar-refractivity contribution >= 4 is 11.9 Å². The van der Waals surface area contributed by atoms with Gasteiger partial charge in [-0.15, -0.1) is 0 Å². The van der Waals surface area contributed by atoms with Gasteiger partial charge in [-0.05, 0) is 146 Å². The van der Waals surface area contributed by atoms with Gasteiger partial charge in [-0.2, -0.15) is 0 Å². The van der Waals surface area contributed by atoms with Crippen LogP contribution in [0.3, 0.4) is 0 Å². The molecule has 3 rings (SSSR count). The van der Waals surface area contributed by atoms with Gasteiger partial charge in [0, 0.05) is 6.42 Å². The summed E-state index contributed by atoms with van der Waals surface area (Å²) in [7, 11) is 0. The Labute approximate surface area is 414 Å². The highest BCUT2D eigenvalue weighted by molar-refractivity contribution is 5.77. The summed E-state index contributed by atoms with van der Waals surface area (Å²) in [6, 6.07) is 0. The van der Waals surface area contributed by atoms with Gasteiger partial charge in [-0.1, -0.05) is 207 Å². The molecule has 1 atom stereocenters. The molecular formula is C64H88O4. The van der Waals surface area contributed by atoms with Crippen molar-refractivity contribution in [1.29, 1.82) is 0 Å². The van der Waals surface area contributed by atoms with E-state index in [1.165, 1.54) is 88.7 Å². The van der Waals surface area contributed by atoms with Crippen LogP contribution in [0.2, 0.25) is 0 Å². The third-order valence-electron chi connectivity index (χ3n) is 13.5. The van der Waals surface area contributed by atoms with Crippen molar-refractivity contribution < 1.29 is 19.1 Å². The maximum absolute atomic E-state index is 12.8. The first-order valence-electron chi connectivity index (χ1n) is 25.2. The highest BCUT2D eigenvalue weighted by Crippen LogP contribution is 2.43. The fourth-order valence-electron chi connectivity index (χ4n) is 9.50. The average Bonchev–Trinajstić information content (AvgIpc) is 3.23. The molecule has 0 aliphatic heterocycles. The monoisotopic (exact) mass is 921 g/mol. The van der Waals surface area contributed by atoms with Gasteiger partial charge >= 0.3 is 11.9 Å². The molecule has 3 aliphatic rings. The summed E-state index contributed by atoms with van der Waals surface area (Å²) < 4.78 is 11.3. The molecule has 0 unspecified atom stereocenters. The molecule has 0 aromatic carbocycles. The molecule has 4 nitrogen and oxygen atoms in total. The Balaban J connectivity index is 1.41. The average molecular weight is 921 g/mol. The van der Waals surface area contributed by atoms with Gasteiger partial charge < -0.3 is 9.47 Å². The van der Waals surface area contributed by atoms with Crippen LogP contribution in [0.25, 0.3) is 0 Å². The predicted octanol–water partition coefficient (Wildman–Crippen LogP) is 18.0. The van der Waals surface area contributed by atoms with Crippen LogP contribution in [-0.4, -0.2) is 24.6 Å². The van der Waals surface area contributed by atoms with Gasteiger partial charge in [0.2, 0.25) is 0 Å². The van der Waals surface area contributed by atoms with Crippen LogP contribution in [0.4, 0.5) is 0 Å². The SMILES string of the molecule is CC1=C(/C=C/C(C)=C/C=C/C(C)=C/C=C/C=C(C)/C=C/C=C(C)/C=C/C2=C(C)C[C@@H](OC(=O)CCC(=O)OC/C=C(C)/C=C/C=C(C)/C=C/C3=C(C)CCCC3(C)C)CC2(C)C)C(C)(C)CCC1. The van der Waals surface area contributed by atoms with E-state index in [1.54, 1.807) is 0 Å². The molecule has 0 aromatic rings. The van der Waals surface area contributed by atoms with Crippen LogP contribution in [0.1, 0.15) is 168 Å². The maximum Gasteiger partial charge on any atom is 0.306 e. The minimum Gasteiger partial charge on any atom is -0.462 e. The summed E-state index contributed by atoms with van der Waals surface area (Å²) >= 11 is 0. The summed E-state index contributed by atoms with van der Waals surface area (Å²) in [5, 5.41) is 0. The van der Waals surface area contributed by atoms with E-state index in [2.05, 4.69) is 200 Å². The molecule has 0 saturated heterocycles. The van der Waals surface area contributed by atoms with Crippen molar-refractivity contribution in [2.45, 2.75) is 174 Å². The van der Waals surface area contributed by atoms with Gasteiger partial charge in [-0.3, -0.25) is 9.59 Å². The van der Waals surface area contributed by atoms with Crippen LogP contribution < -0.4 is 0 Å². The molecule has 0 fully saturated rings. The quantitative estimate of drug-likeness (QED) is 0.0902. The van der Waals surface area contributed by atoms with Crippen molar-refractivity contribution in [2.24, 2.45) is 16.2 Å². The number of carbonyl (C=O) groups is 2. The van der Waals surface area contributed by atoms with E-state index >= 15 is 0 Å². The van der Waals surface area contributed by atoms with E-state index < -0.39 is 5.97 Å². The zero-order valence-corrected chi connectivity index (χ0v) is 45.0. The molecule has 0 saturated carbocycles. The van der Waals surface area contributed by atoms with Gasteiger partial charge in [0.1, 0.15) is 12.7 Å². The van der Waals surface area contributed by atoms with Crippen molar-refractivity contribution in [3.8, 4) is 0 Å². The molecule has 3 aliphatic carbocycles.